The third kappa shape index (κ3) is 5.18. The number of carbonyl (C=O) groups excluding carboxylic acids is 1. The molecule has 0 unspecified atom stereocenters. The normalized spacial score (nSPS) is 11.1. The number of carbonyl (C=O) groups is 1. The second-order valence-electron chi connectivity index (χ2n) is 5.51. The minimum absolute atomic E-state index is 0.205. The number of phenolic OH excluding ortho intramolecular Hbond substituents is 1. The highest BCUT2D eigenvalue weighted by Crippen LogP contribution is 2.17. The Kier molecular flexibility index (Phi) is 5.58. The van der Waals surface area contributed by atoms with Gasteiger partial charge in [0, 0.05) is 12.3 Å². The maximum atomic E-state index is 11.9. The summed E-state index contributed by atoms with van der Waals surface area (Å²) in [6.07, 6.45) is 4.81. The maximum Gasteiger partial charge on any atom is 0.336 e. The van der Waals surface area contributed by atoms with Gasteiger partial charge in [0.25, 0.3) is 0 Å². The fourth-order valence-corrected chi connectivity index (χ4v) is 2.19. The van der Waals surface area contributed by atoms with Crippen LogP contribution in [-0.2, 0) is 4.79 Å². The molecule has 0 aromatic heterocycles. The zero-order valence-corrected chi connectivity index (χ0v) is 13.9. The van der Waals surface area contributed by atoms with Gasteiger partial charge in [-0.3, -0.25) is 4.99 Å². The van der Waals surface area contributed by atoms with Crippen LogP contribution >= 0.6 is 0 Å². The first-order valence-corrected chi connectivity index (χ1v) is 8.07. The molecule has 0 aliphatic heterocycles. The lowest BCUT2D eigenvalue weighted by Gasteiger charge is -2.01. The number of aromatic hydroxyl groups is 1. The fraction of sp³-hybridized carbons (Fsp3) is 0. The van der Waals surface area contributed by atoms with Crippen LogP contribution in [0.2, 0.25) is 0 Å². The molecule has 0 radical (unpaired) electrons. The van der Waals surface area contributed by atoms with E-state index < -0.39 is 5.97 Å². The van der Waals surface area contributed by atoms with Crippen molar-refractivity contribution in [1.29, 1.82) is 0 Å². The standard InChI is InChI=1S/C22H17NO3/c24-20-11-9-19(10-12-20)23-16-18-6-13-21(14-7-18)26-22(25)15-8-17-4-2-1-3-5-17/h1-16,24H/b15-8?,23-16+. The summed E-state index contributed by atoms with van der Waals surface area (Å²) in [7, 11) is 0. The highest BCUT2D eigenvalue weighted by Gasteiger charge is 2.00. The molecule has 3 aromatic rings. The van der Waals surface area contributed by atoms with E-state index in [1.54, 1.807) is 48.7 Å². The van der Waals surface area contributed by atoms with Crippen molar-refractivity contribution in [3.63, 3.8) is 0 Å². The van der Waals surface area contributed by atoms with Crippen molar-refractivity contribution in [2.45, 2.75) is 0 Å². The number of phenols is 1. The van der Waals surface area contributed by atoms with Gasteiger partial charge in [-0.1, -0.05) is 30.3 Å². The van der Waals surface area contributed by atoms with Gasteiger partial charge >= 0.3 is 5.97 Å². The molecule has 0 fully saturated rings. The summed E-state index contributed by atoms with van der Waals surface area (Å²) >= 11 is 0. The summed E-state index contributed by atoms with van der Waals surface area (Å²) in [6.45, 7) is 0. The van der Waals surface area contributed by atoms with E-state index in [1.165, 1.54) is 6.08 Å². The van der Waals surface area contributed by atoms with Crippen molar-refractivity contribution in [2.24, 2.45) is 4.99 Å². The molecule has 0 aliphatic carbocycles. The SMILES string of the molecule is O=C(C=Cc1ccccc1)Oc1ccc(/C=N/c2ccc(O)cc2)cc1. The van der Waals surface area contributed by atoms with Gasteiger partial charge in [-0.2, -0.15) is 0 Å². The highest BCUT2D eigenvalue weighted by atomic mass is 16.5. The first-order chi connectivity index (χ1) is 12.7. The van der Waals surface area contributed by atoms with Crippen LogP contribution in [0.15, 0.2) is 89.9 Å². The van der Waals surface area contributed by atoms with Crippen LogP contribution in [0.3, 0.4) is 0 Å². The van der Waals surface area contributed by atoms with Gasteiger partial charge < -0.3 is 9.84 Å². The molecule has 128 valence electrons. The Hall–Kier alpha value is -3.66. The Balaban J connectivity index is 1.58. The van der Waals surface area contributed by atoms with E-state index in [0.29, 0.717) is 5.75 Å². The van der Waals surface area contributed by atoms with Crippen molar-refractivity contribution in [3.05, 3.63) is 96.1 Å². The van der Waals surface area contributed by atoms with Crippen LogP contribution in [0.4, 0.5) is 5.69 Å². The predicted octanol–water partition coefficient (Wildman–Crippen LogP) is 4.76. The van der Waals surface area contributed by atoms with Crippen molar-refractivity contribution in [2.75, 3.05) is 0 Å². The van der Waals surface area contributed by atoms with E-state index >= 15 is 0 Å². The van der Waals surface area contributed by atoms with Gasteiger partial charge in [-0.25, -0.2) is 4.79 Å². The van der Waals surface area contributed by atoms with Crippen LogP contribution in [0.1, 0.15) is 11.1 Å². The van der Waals surface area contributed by atoms with Crippen LogP contribution in [0.5, 0.6) is 11.5 Å². The van der Waals surface area contributed by atoms with Crippen molar-refractivity contribution < 1.29 is 14.6 Å². The number of rotatable bonds is 5. The van der Waals surface area contributed by atoms with E-state index in [1.807, 2.05) is 42.5 Å². The molecule has 0 saturated heterocycles. The topological polar surface area (TPSA) is 58.9 Å². The number of aliphatic imine (C=N–C) groups is 1. The van der Waals surface area contributed by atoms with Crippen LogP contribution in [-0.4, -0.2) is 17.3 Å². The summed E-state index contributed by atoms with van der Waals surface area (Å²) < 4.78 is 5.27. The smallest absolute Gasteiger partial charge is 0.336 e. The Morgan fingerprint density at radius 2 is 1.54 bits per heavy atom. The van der Waals surface area contributed by atoms with Gasteiger partial charge in [0.2, 0.25) is 0 Å². The third-order valence-electron chi connectivity index (χ3n) is 3.52. The Bertz CT molecular complexity index is 912. The largest absolute Gasteiger partial charge is 0.508 e. The highest BCUT2D eigenvalue weighted by molar-refractivity contribution is 5.89. The summed E-state index contributed by atoms with van der Waals surface area (Å²) in [6, 6.07) is 23.2. The molecule has 0 saturated carbocycles. The second kappa shape index (κ2) is 8.44. The van der Waals surface area contributed by atoms with Gasteiger partial charge in [0.1, 0.15) is 11.5 Å². The minimum atomic E-state index is -0.431. The average Bonchev–Trinajstić information content (AvgIpc) is 2.68. The van der Waals surface area contributed by atoms with Crippen molar-refractivity contribution >= 4 is 23.9 Å². The van der Waals surface area contributed by atoms with Crippen LogP contribution in [0, 0.1) is 0 Å². The quantitative estimate of drug-likeness (QED) is 0.314. The van der Waals surface area contributed by atoms with Gasteiger partial charge in [-0.05, 0) is 65.7 Å². The maximum absolute atomic E-state index is 11.9. The van der Waals surface area contributed by atoms with E-state index in [0.717, 1.165) is 16.8 Å². The molecule has 0 amide bonds. The molecule has 0 spiro atoms. The lowest BCUT2D eigenvalue weighted by atomic mass is 10.2. The van der Waals surface area contributed by atoms with E-state index in [-0.39, 0.29) is 5.75 Å². The molecular weight excluding hydrogens is 326 g/mol. The van der Waals surface area contributed by atoms with Gasteiger partial charge in [0.15, 0.2) is 0 Å². The van der Waals surface area contributed by atoms with Gasteiger partial charge in [0.05, 0.1) is 5.69 Å². The fourth-order valence-electron chi connectivity index (χ4n) is 2.19. The van der Waals surface area contributed by atoms with E-state index in [4.69, 9.17) is 4.74 Å². The molecule has 3 rings (SSSR count). The predicted molar refractivity (Wildman–Crippen MR) is 103 cm³/mol. The Labute approximate surface area is 151 Å². The number of benzene rings is 3. The first-order valence-electron chi connectivity index (χ1n) is 8.07. The summed E-state index contributed by atoms with van der Waals surface area (Å²) in [5.74, 6) is 0.241. The zero-order valence-electron chi connectivity index (χ0n) is 13.9. The summed E-state index contributed by atoms with van der Waals surface area (Å²) in [5.41, 5.74) is 2.55. The zero-order chi connectivity index (χ0) is 18.2. The van der Waals surface area contributed by atoms with Crippen LogP contribution in [0.25, 0.3) is 6.08 Å². The molecule has 26 heavy (non-hydrogen) atoms. The first kappa shape index (κ1) is 17.2. The molecule has 0 aliphatic rings. The summed E-state index contributed by atoms with van der Waals surface area (Å²) in [4.78, 5) is 16.2. The van der Waals surface area contributed by atoms with Crippen molar-refractivity contribution in [1.82, 2.24) is 0 Å². The number of ether oxygens (including phenoxy) is 1. The number of hydrogen-bond donors (Lipinski definition) is 1. The van der Waals surface area contributed by atoms with Gasteiger partial charge in [-0.15, -0.1) is 0 Å². The van der Waals surface area contributed by atoms with E-state index in [2.05, 4.69) is 4.99 Å². The van der Waals surface area contributed by atoms with Crippen molar-refractivity contribution in [3.8, 4) is 11.5 Å². The molecule has 4 nitrogen and oxygen atoms in total. The molecule has 0 atom stereocenters. The molecule has 4 heteroatoms. The molecule has 0 bridgehead atoms. The Morgan fingerprint density at radius 1 is 0.846 bits per heavy atom. The second-order valence-corrected chi connectivity index (χ2v) is 5.51. The molecular formula is C22H17NO3. The third-order valence-corrected chi connectivity index (χ3v) is 3.52. The molecule has 1 N–H and O–H groups in total. The number of nitrogens with zero attached hydrogens (tertiary/aromatic N) is 1. The molecule has 3 aromatic carbocycles. The average molecular weight is 343 g/mol. The van der Waals surface area contributed by atoms with Crippen LogP contribution < -0.4 is 4.74 Å². The monoisotopic (exact) mass is 343 g/mol. The minimum Gasteiger partial charge on any atom is -0.508 e. The molecule has 0 heterocycles. The lowest BCUT2D eigenvalue weighted by Crippen LogP contribution is -2.03. The number of esters is 1. The summed E-state index contributed by atoms with van der Waals surface area (Å²) in [5, 5.41) is 9.25. The number of hydrogen-bond acceptors (Lipinski definition) is 4. The van der Waals surface area contributed by atoms with E-state index in [9.17, 15) is 9.90 Å². The lowest BCUT2D eigenvalue weighted by molar-refractivity contribution is -0.128. The Morgan fingerprint density at radius 3 is 2.23 bits per heavy atom.